The average Bonchev–Trinajstić information content (AvgIpc) is 3.04. The summed E-state index contributed by atoms with van der Waals surface area (Å²) in [5, 5.41) is 2.88. The molecule has 2 aromatic heterocycles. The molecule has 0 aromatic carbocycles. The number of anilines is 1. The lowest BCUT2D eigenvalue weighted by molar-refractivity contribution is 0.0846. The van der Waals surface area contributed by atoms with Crippen LogP contribution >= 0.6 is 0 Å². The fraction of sp³-hybridized carbons (Fsp3) is 0.524. The van der Waals surface area contributed by atoms with Gasteiger partial charge >= 0.3 is 0 Å². The minimum Gasteiger partial charge on any atom is -0.381 e. The fourth-order valence-corrected chi connectivity index (χ4v) is 4.00. The van der Waals surface area contributed by atoms with Crippen molar-refractivity contribution in [2.24, 2.45) is 0 Å². The summed E-state index contributed by atoms with van der Waals surface area (Å²) in [6.45, 7) is 10.5. The van der Waals surface area contributed by atoms with E-state index < -0.39 is 0 Å². The van der Waals surface area contributed by atoms with E-state index in [1.54, 1.807) is 0 Å². The van der Waals surface area contributed by atoms with Crippen molar-refractivity contribution in [3.8, 4) is 0 Å². The van der Waals surface area contributed by atoms with E-state index in [-0.39, 0.29) is 18.0 Å². The van der Waals surface area contributed by atoms with Gasteiger partial charge in [0.1, 0.15) is 5.69 Å². The number of hydrogen-bond donors (Lipinski definition) is 3. The first kappa shape index (κ1) is 20.2. The van der Waals surface area contributed by atoms with Gasteiger partial charge in [0.15, 0.2) is 0 Å². The molecule has 7 heteroatoms. The molecule has 1 aliphatic rings. The number of carbonyl (C=O) groups excluding carboxylic acids is 1. The number of aromatic nitrogens is 2. The van der Waals surface area contributed by atoms with Gasteiger partial charge in [0, 0.05) is 55.4 Å². The van der Waals surface area contributed by atoms with Crippen LogP contribution in [0.1, 0.15) is 52.6 Å². The third-order valence-electron chi connectivity index (χ3n) is 5.54. The Morgan fingerprint density at radius 2 is 2.00 bits per heavy atom. The van der Waals surface area contributed by atoms with Crippen molar-refractivity contribution in [1.82, 2.24) is 15.3 Å². The maximum absolute atomic E-state index is 12.7. The number of aromatic amines is 2. The minimum atomic E-state index is -0.203. The van der Waals surface area contributed by atoms with Crippen molar-refractivity contribution in [2.75, 3.05) is 24.7 Å². The number of hydrogen-bond acceptors (Lipinski definition) is 4. The summed E-state index contributed by atoms with van der Waals surface area (Å²) >= 11 is 0. The van der Waals surface area contributed by atoms with Crippen LogP contribution in [0.25, 0.3) is 0 Å². The summed E-state index contributed by atoms with van der Waals surface area (Å²) in [5.74, 6) is -0.203. The van der Waals surface area contributed by atoms with Gasteiger partial charge in [-0.1, -0.05) is 0 Å². The van der Waals surface area contributed by atoms with Crippen LogP contribution in [0, 0.1) is 20.8 Å². The van der Waals surface area contributed by atoms with Crippen LogP contribution in [0.15, 0.2) is 17.1 Å². The zero-order valence-electron chi connectivity index (χ0n) is 17.1. The molecular formula is C21H30N4O3. The zero-order chi connectivity index (χ0) is 20.3. The zero-order valence-corrected chi connectivity index (χ0v) is 17.1. The summed E-state index contributed by atoms with van der Waals surface area (Å²) in [4.78, 5) is 33.2. The van der Waals surface area contributed by atoms with E-state index >= 15 is 0 Å². The molecule has 1 aliphatic heterocycles. The summed E-state index contributed by atoms with van der Waals surface area (Å²) < 4.78 is 5.48. The summed E-state index contributed by atoms with van der Waals surface area (Å²) in [7, 11) is 0. The first-order valence-corrected chi connectivity index (χ1v) is 9.92. The van der Waals surface area contributed by atoms with Crippen LogP contribution < -0.4 is 15.8 Å². The predicted octanol–water partition coefficient (Wildman–Crippen LogP) is 2.56. The molecule has 0 saturated carbocycles. The molecule has 28 heavy (non-hydrogen) atoms. The third kappa shape index (κ3) is 4.14. The monoisotopic (exact) mass is 386 g/mol. The number of H-pyrrole nitrogens is 2. The molecule has 0 unspecified atom stereocenters. The quantitative estimate of drug-likeness (QED) is 0.712. The molecule has 7 nitrogen and oxygen atoms in total. The van der Waals surface area contributed by atoms with Crippen LogP contribution in [0.2, 0.25) is 0 Å². The highest BCUT2D eigenvalue weighted by Gasteiger charge is 2.25. The standard InChI is InChI=1S/C21H30N4O3/c1-5-25(16-6-8-28-9-7-16)18-12-22-19(15(18)4)21(27)23-11-17-13(2)10-14(3)24-20(17)26/h10,12,16,22H,5-9,11H2,1-4H3,(H,23,27)(H,24,26). The number of ether oxygens (including phenoxy) is 1. The number of nitrogens with one attached hydrogen (secondary N) is 3. The highest BCUT2D eigenvalue weighted by Crippen LogP contribution is 2.28. The van der Waals surface area contributed by atoms with Gasteiger partial charge in [0.05, 0.1) is 5.69 Å². The van der Waals surface area contributed by atoms with E-state index in [0.29, 0.717) is 17.3 Å². The minimum absolute atomic E-state index is 0.154. The Bertz CT molecular complexity index is 894. The van der Waals surface area contributed by atoms with Crippen molar-refractivity contribution in [2.45, 2.75) is 53.1 Å². The highest BCUT2D eigenvalue weighted by molar-refractivity contribution is 5.95. The molecule has 0 bridgehead atoms. The molecule has 152 valence electrons. The number of aryl methyl sites for hydroxylation is 2. The number of nitrogens with zero attached hydrogens (tertiary/aromatic N) is 1. The lowest BCUT2D eigenvalue weighted by Crippen LogP contribution is -2.39. The second-order valence-corrected chi connectivity index (χ2v) is 7.43. The highest BCUT2D eigenvalue weighted by atomic mass is 16.5. The smallest absolute Gasteiger partial charge is 0.268 e. The molecule has 3 rings (SSSR count). The molecule has 0 radical (unpaired) electrons. The van der Waals surface area contributed by atoms with Gasteiger partial charge in [-0.15, -0.1) is 0 Å². The predicted molar refractivity (Wildman–Crippen MR) is 110 cm³/mol. The van der Waals surface area contributed by atoms with E-state index in [1.165, 1.54) is 0 Å². The Labute approximate surface area is 165 Å². The number of carbonyl (C=O) groups is 1. The molecule has 0 atom stereocenters. The molecule has 0 aliphatic carbocycles. The fourth-order valence-electron chi connectivity index (χ4n) is 4.00. The number of amides is 1. The topological polar surface area (TPSA) is 90.2 Å². The van der Waals surface area contributed by atoms with Gasteiger partial charge in [0.25, 0.3) is 11.5 Å². The normalized spacial score (nSPS) is 14.9. The van der Waals surface area contributed by atoms with Gasteiger partial charge < -0.3 is 24.9 Å². The Balaban J connectivity index is 1.74. The van der Waals surface area contributed by atoms with Gasteiger partial charge in [0.2, 0.25) is 0 Å². The van der Waals surface area contributed by atoms with Crippen molar-refractivity contribution >= 4 is 11.6 Å². The Morgan fingerprint density at radius 1 is 1.29 bits per heavy atom. The maximum atomic E-state index is 12.7. The van der Waals surface area contributed by atoms with Gasteiger partial charge in [-0.25, -0.2) is 0 Å². The second kappa shape index (κ2) is 8.65. The molecular weight excluding hydrogens is 356 g/mol. The van der Waals surface area contributed by atoms with Crippen molar-refractivity contribution in [3.05, 3.63) is 50.7 Å². The van der Waals surface area contributed by atoms with Crippen LogP contribution in [0.3, 0.4) is 0 Å². The van der Waals surface area contributed by atoms with Crippen LogP contribution in [0.4, 0.5) is 5.69 Å². The molecule has 1 saturated heterocycles. The maximum Gasteiger partial charge on any atom is 0.268 e. The van der Waals surface area contributed by atoms with E-state index in [9.17, 15) is 9.59 Å². The van der Waals surface area contributed by atoms with Gasteiger partial charge in [-0.3, -0.25) is 9.59 Å². The van der Waals surface area contributed by atoms with Crippen LogP contribution in [0.5, 0.6) is 0 Å². The average molecular weight is 386 g/mol. The van der Waals surface area contributed by atoms with Gasteiger partial charge in [-0.2, -0.15) is 0 Å². The summed E-state index contributed by atoms with van der Waals surface area (Å²) in [6, 6.07) is 2.34. The molecule has 3 N–H and O–H groups in total. The van der Waals surface area contributed by atoms with Crippen LogP contribution in [-0.4, -0.2) is 41.7 Å². The molecule has 1 fully saturated rings. The lowest BCUT2D eigenvalue weighted by Gasteiger charge is -2.35. The lowest BCUT2D eigenvalue weighted by atomic mass is 10.1. The van der Waals surface area contributed by atoms with E-state index in [0.717, 1.165) is 55.1 Å². The Kier molecular flexibility index (Phi) is 6.24. The molecule has 2 aromatic rings. The summed E-state index contributed by atoms with van der Waals surface area (Å²) in [5.41, 5.74) is 4.66. The molecule has 0 spiro atoms. The van der Waals surface area contributed by atoms with Crippen molar-refractivity contribution < 1.29 is 9.53 Å². The van der Waals surface area contributed by atoms with Crippen LogP contribution in [-0.2, 0) is 11.3 Å². The van der Waals surface area contributed by atoms with E-state index in [1.807, 2.05) is 33.0 Å². The van der Waals surface area contributed by atoms with Crippen molar-refractivity contribution in [1.29, 1.82) is 0 Å². The van der Waals surface area contributed by atoms with E-state index in [2.05, 4.69) is 27.1 Å². The second-order valence-electron chi connectivity index (χ2n) is 7.43. The largest absolute Gasteiger partial charge is 0.381 e. The third-order valence-corrected chi connectivity index (χ3v) is 5.54. The van der Waals surface area contributed by atoms with Crippen molar-refractivity contribution in [3.63, 3.8) is 0 Å². The molecule has 1 amide bonds. The first-order valence-electron chi connectivity index (χ1n) is 9.92. The molecule has 3 heterocycles. The Hall–Kier alpha value is -2.54. The number of pyridine rings is 1. The number of rotatable bonds is 6. The van der Waals surface area contributed by atoms with E-state index in [4.69, 9.17) is 4.74 Å². The SMILES string of the molecule is CCN(c1c[nH]c(C(=O)NCc2c(C)cc(C)[nH]c2=O)c1C)C1CCOCC1. The Morgan fingerprint density at radius 3 is 2.64 bits per heavy atom. The van der Waals surface area contributed by atoms with Gasteiger partial charge in [-0.05, 0) is 52.2 Å². The first-order chi connectivity index (χ1) is 13.4. The summed E-state index contributed by atoms with van der Waals surface area (Å²) in [6.07, 6.45) is 3.90.